The van der Waals surface area contributed by atoms with Crippen LogP contribution in [0.1, 0.15) is 28.3 Å². The van der Waals surface area contributed by atoms with Gasteiger partial charge in [-0.15, -0.1) is 0 Å². The number of carbonyl (C=O) groups is 1. The molecule has 2 nitrogen and oxygen atoms in total. The molecule has 1 heterocycles. The minimum Gasteiger partial charge on any atom is -0.301 e. The van der Waals surface area contributed by atoms with Gasteiger partial charge in [-0.2, -0.15) is 13.2 Å². The first kappa shape index (κ1) is 14.8. The molecule has 0 fully saturated rings. The van der Waals surface area contributed by atoms with E-state index in [0.29, 0.717) is 13.1 Å². The van der Waals surface area contributed by atoms with Crippen LogP contribution in [0.4, 0.5) is 13.2 Å². The average molecular weight is 305 g/mol. The minimum atomic E-state index is -4.33. The highest BCUT2D eigenvalue weighted by atomic mass is 19.4. The van der Waals surface area contributed by atoms with Crippen molar-refractivity contribution in [1.82, 2.24) is 4.90 Å². The fourth-order valence-electron chi connectivity index (χ4n) is 2.83. The molecule has 0 saturated heterocycles. The number of rotatable bonds is 3. The molecule has 5 heteroatoms. The third-order valence-corrected chi connectivity index (χ3v) is 3.94. The standard InChI is InChI=1S/C17H14F3NO/c18-17(19,20)14-7-5-12(6-8-14)9-21-10-13-3-1-2-4-15(13)16(21)11-22/h1-8,11,16H,9-10H2. The van der Waals surface area contributed by atoms with E-state index in [2.05, 4.69) is 0 Å². The average Bonchev–Trinajstić information content (AvgIpc) is 2.84. The number of alkyl halides is 3. The summed E-state index contributed by atoms with van der Waals surface area (Å²) in [4.78, 5) is 13.3. The zero-order chi connectivity index (χ0) is 15.7. The number of hydrogen-bond acceptors (Lipinski definition) is 2. The van der Waals surface area contributed by atoms with E-state index in [-0.39, 0.29) is 6.04 Å². The summed E-state index contributed by atoms with van der Waals surface area (Å²) in [6.45, 7) is 1.07. The second-order valence-electron chi connectivity index (χ2n) is 5.38. The van der Waals surface area contributed by atoms with Crippen molar-refractivity contribution < 1.29 is 18.0 Å². The van der Waals surface area contributed by atoms with Gasteiger partial charge in [-0.1, -0.05) is 36.4 Å². The van der Waals surface area contributed by atoms with E-state index in [1.54, 1.807) is 0 Å². The fraction of sp³-hybridized carbons (Fsp3) is 0.235. The van der Waals surface area contributed by atoms with Crippen molar-refractivity contribution in [3.63, 3.8) is 0 Å². The van der Waals surface area contributed by atoms with Gasteiger partial charge < -0.3 is 4.79 Å². The highest BCUT2D eigenvalue weighted by Gasteiger charge is 2.31. The molecule has 1 unspecified atom stereocenters. The van der Waals surface area contributed by atoms with E-state index >= 15 is 0 Å². The lowest BCUT2D eigenvalue weighted by atomic mass is 10.1. The van der Waals surface area contributed by atoms with Gasteiger partial charge in [0.05, 0.1) is 11.6 Å². The maximum atomic E-state index is 12.6. The zero-order valence-electron chi connectivity index (χ0n) is 11.7. The number of fused-ring (bicyclic) bond motifs is 1. The van der Waals surface area contributed by atoms with Crippen molar-refractivity contribution in [3.05, 3.63) is 70.8 Å². The van der Waals surface area contributed by atoms with Crippen molar-refractivity contribution in [2.45, 2.75) is 25.3 Å². The summed E-state index contributed by atoms with van der Waals surface area (Å²) in [5, 5.41) is 0. The van der Waals surface area contributed by atoms with Crippen LogP contribution in [-0.2, 0) is 24.1 Å². The van der Waals surface area contributed by atoms with E-state index in [1.807, 2.05) is 29.2 Å². The normalized spacial score (nSPS) is 18.2. The topological polar surface area (TPSA) is 20.3 Å². The number of hydrogen-bond donors (Lipinski definition) is 0. The number of nitrogens with zero attached hydrogens (tertiary/aromatic N) is 1. The molecule has 0 aliphatic carbocycles. The lowest BCUT2D eigenvalue weighted by Gasteiger charge is -2.20. The van der Waals surface area contributed by atoms with Gasteiger partial charge in [-0.25, -0.2) is 0 Å². The zero-order valence-corrected chi connectivity index (χ0v) is 11.7. The molecule has 0 saturated carbocycles. The van der Waals surface area contributed by atoms with Crippen LogP contribution in [0.25, 0.3) is 0 Å². The Morgan fingerprint density at radius 2 is 1.77 bits per heavy atom. The smallest absolute Gasteiger partial charge is 0.301 e. The Hall–Kier alpha value is -2.14. The summed E-state index contributed by atoms with van der Waals surface area (Å²) in [5.41, 5.74) is 2.16. The van der Waals surface area contributed by atoms with Gasteiger partial charge in [0, 0.05) is 13.1 Å². The molecule has 1 aliphatic heterocycles. The van der Waals surface area contributed by atoms with Gasteiger partial charge in [0.15, 0.2) is 0 Å². The van der Waals surface area contributed by atoms with Crippen molar-refractivity contribution in [3.8, 4) is 0 Å². The second-order valence-corrected chi connectivity index (χ2v) is 5.38. The Balaban J connectivity index is 1.78. The Labute approximate surface area is 126 Å². The largest absolute Gasteiger partial charge is 0.416 e. The Morgan fingerprint density at radius 3 is 2.41 bits per heavy atom. The van der Waals surface area contributed by atoms with Crippen LogP contribution in [-0.4, -0.2) is 11.2 Å². The van der Waals surface area contributed by atoms with Gasteiger partial charge in [0.25, 0.3) is 0 Å². The quantitative estimate of drug-likeness (QED) is 0.800. The highest BCUT2D eigenvalue weighted by Crippen LogP contribution is 2.34. The Bertz CT molecular complexity index is 679. The summed E-state index contributed by atoms with van der Waals surface area (Å²) in [7, 11) is 0. The molecule has 0 spiro atoms. The predicted molar refractivity (Wildman–Crippen MR) is 75.9 cm³/mol. The maximum Gasteiger partial charge on any atom is 0.416 e. The molecular weight excluding hydrogens is 291 g/mol. The number of aldehydes is 1. The monoisotopic (exact) mass is 305 g/mol. The molecule has 1 aliphatic rings. The third kappa shape index (κ3) is 2.76. The van der Waals surface area contributed by atoms with E-state index in [1.165, 1.54) is 12.1 Å². The van der Waals surface area contributed by atoms with Gasteiger partial charge >= 0.3 is 6.18 Å². The molecule has 0 N–H and O–H groups in total. The molecule has 0 radical (unpaired) electrons. The molecule has 0 bridgehead atoms. The summed E-state index contributed by atoms with van der Waals surface area (Å²) in [5.74, 6) is 0. The highest BCUT2D eigenvalue weighted by molar-refractivity contribution is 5.64. The number of benzene rings is 2. The molecule has 22 heavy (non-hydrogen) atoms. The van der Waals surface area contributed by atoms with Gasteiger partial charge in [-0.05, 0) is 28.8 Å². The SMILES string of the molecule is O=CC1c2ccccc2CN1Cc1ccc(C(F)(F)F)cc1. The van der Waals surface area contributed by atoms with Crippen LogP contribution >= 0.6 is 0 Å². The first-order valence-electron chi connectivity index (χ1n) is 6.92. The molecular formula is C17H14F3NO. The molecule has 2 aromatic rings. The van der Waals surface area contributed by atoms with Crippen molar-refractivity contribution >= 4 is 6.29 Å². The number of halogens is 3. The van der Waals surface area contributed by atoms with Crippen LogP contribution < -0.4 is 0 Å². The van der Waals surface area contributed by atoms with Crippen molar-refractivity contribution in [2.24, 2.45) is 0 Å². The van der Waals surface area contributed by atoms with Crippen molar-refractivity contribution in [1.29, 1.82) is 0 Å². The van der Waals surface area contributed by atoms with E-state index in [0.717, 1.165) is 35.1 Å². The predicted octanol–water partition coefficient (Wildman–Crippen LogP) is 3.96. The summed E-state index contributed by atoms with van der Waals surface area (Å²) in [6, 6.07) is 12.4. The molecule has 1 atom stereocenters. The summed E-state index contributed by atoms with van der Waals surface area (Å²) in [6.07, 6.45) is -3.44. The lowest BCUT2D eigenvalue weighted by molar-refractivity contribution is -0.137. The van der Waals surface area contributed by atoms with Crippen LogP contribution in [0.2, 0.25) is 0 Å². The van der Waals surface area contributed by atoms with Crippen LogP contribution in [0.3, 0.4) is 0 Å². The first-order valence-corrected chi connectivity index (χ1v) is 6.92. The maximum absolute atomic E-state index is 12.6. The summed E-state index contributed by atoms with van der Waals surface area (Å²) >= 11 is 0. The van der Waals surface area contributed by atoms with Crippen LogP contribution in [0, 0.1) is 0 Å². The second kappa shape index (κ2) is 5.57. The Morgan fingerprint density at radius 1 is 1.09 bits per heavy atom. The third-order valence-electron chi connectivity index (χ3n) is 3.94. The van der Waals surface area contributed by atoms with Crippen molar-refractivity contribution in [2.75, 3.05) is 0 Å². The molecule has 3 rings (SSSR count). The number of carbonyl (C=O) groups excluding carboxylic acids is 1. The van der Waals surface area contributed by atoms with E-state index in [4.69, 9.17) is 0 Å². The fourth-order valence-corrected chi connectivity index (χ4v) is 2.83. The van der Waals surface area contributed by atoms with E-state index < -0.39 is 11.7 Å². The van der Waals surface area contributed by atoms with E-state index in [9.17, 15) is 18.0 Å². The molecule has 2 aromatic carbocycles. The van der Waals surface area contributed by atoms with Crippen LogP contribution in [0.5, 0.6) is 0 Å². The first-order chi connectivity index (χ1) is 10.5. The molecule has 114 valence electrons. The minimum absolute atomic E-state index is 0.335. The Kier molecular flexibility index (Phi) is 3.74. The molecule has 0 aromatic heterocycles. The van der Waals surface area contributed by atoms with Gasteiger partial charge in [0.1, 0.15) is 6.29 Å². The lowest BCUT2D eigenvalue weighted by Crippen LogP contribution is -2.22. The van der Waals surface area contributed by atoms with Crippen LogP contribution in [0.15, 0.2) is 48.5 Å². The molecule has 0 amide bonds. The van der Waals surface area contributed by atoms with Gasteiger partial charge in [-0.3, -0.25) is 4.90 Å². The van der Waals surface area contributed by atoms with Gasteiger partial charge in [0.2, 0.25) is 0 Å². The summed E-state index contributed by atoms with van der Waals surface area (Å²) < 4.78 is 37.7.